The van der Waals surface area contributed by atoms with Gasteiger partial charge in [-0.05, 0) is 20.8 Å². The number of amides is 1. The summed E-state index contributed by atoms with van der Waals surface area (Å²) < 4.78 is 0. The lowest BCUT2D eigenvalue weighted by molar-refractivity contribution is -0.137. The Kier molecular flexibility index (Phi) is 4.04. The summed E-state index contributed by atoms with van der Waals surface area (Å²) in [5, 5.41) is 10.5. The number of hydrogen-bond donors (Lipinski definition) is 2. The maximum atomic E-state index is 11.1. The Hall–Kier alpha value is -1.32. The molecule has 0 fully saturated rings. The van der Waals surface area contributed by atoms with E-state index in [1.54, 1.807) is 20.8 Å². The van der Waals surface area contributed by atoms with Gasteiger partial charge in [0.05, 0.1) is 0 Å². The zero-order chi connectivity index (χ0) is 9.72. The topological polar surface area (TPSA) is 66.4 Å². The van der Waals surface area contributed by atoms with Crippen molar-refractivity contribution in [2.45, 2.75) is 20.8 Å². The molecule has 0 heterocycles. The highest BCUT2D eigenvalue weighted by molar-refractivity contribution is 5.95. The molecule has 0 aliphatic heterocycles. The van der Waals surface area contributed by atoms with E-state index in [0.29, 0.717) is 5.57 Å². The maximum absolute atomic E-state index is 11.1. The Bertz CT molecular complexity index is 226. The van der Waals surface area contributed by atoms with Crippen LogP contribution in [0.25, 0.3) is 0 Å². The van der Waals surface area contributed by atoms with Gasteiger partial charge in [0.15, 0.2) is 0 Å². The predicted molar refractivity (Wildman–Crippen MR) is 44.7 cm³/mol. The molecule has 0 unspecified atom stereocenters. The summed E-state index contributed by atoms with van der Waals surface area (Å²) in [6.45, 7) is 4.93. The van der Waals surface area contributed by atoms with Crippen molar-refractivity contribution >= 4 is 11.9 Å². The minimum absolute atomic E-state index is 0.322. The van der Waals surface area contributed by atoms with Crippen molar-refractivity contribution in [2.24, 2.45) is 0 Å². The monoisotopic (exact) mass is 171 g/mol. The minimum Gasteiger partial charge on any atom is -0.480 e. The first-order valence-corrected chi connectivity index (χ1v) is 3.59. The maximum Gasteiger partial charge on any atom is 0.322 e. The van der Waals surface area contributed by atoms with Gasteiger partial charge < -0.3 is 10.4 Å². The SMILES string of the molecule is CC(C)=C(C)C(=O)NCC(=O)O. The molecule has 1 amide bonds. The van der Waals surface area contributed by atoms with Crippen LogP contribution in [0.2, 0.25) is 0 Å². The summed E-state index contributed by atoms with van der Waals surface area (Å²) >= 11 is 0. The van der Waals surface area contributed by atoms with Crippen LogP contribution in [0.3, 0.4) is 0 Å². The van der Waals surface area contributed by atoms with E-state index in [1.165, 1.54) is 0 Å². The van der Waals surface area contributed by atoms with Gasteiger partial charge in [-0.25, -0.2) is 0 Å². The fourth-order valence-electron chi connectivity index (χ4n) is 0.516. The fourth-order valence-corrected chi connectivity index (χ4v) is 0.516. The highest BCUT2D eigenvalue weighted by atomic mass is 16.4. The molecule has 12 heavy (non-hydrogen) atoms. The Balaban J connectivity index is 4.07. The van der Waals surface area contributed by atoms with Crippen molar-refractivity contribution < 1.29 is 14.7 Å². The molecule has 0 aromatic heterocycles. The predicted octanol–water partition coefficient (Wildman–Crippen LogP) is 0.544. The zero-order valence-corrected chi connectivity index (χ0v) is 7.47. The van der Waals surface area contributed by atoms with Crippen molar-refractivity contribution in [3.05, 3.63) is 11.1 Å². The third-order valence-corrected chi connectivity index (χ3v) is 1.49. The first kappa shape index (κ1) is 10.7. The van der Waals surface area contributed by atoms with E-state index >= 15 is 0 Å². The summed E-state index contributed by atoms with van der Waals surface area (Å²) in [4.78, 5) is 21.1. The molecular weight excluding hydrogens is 158 g/mol. The molecule has 0 aliphatic rings. The average molecular weight is 171 g/mol. The van der Waals surface area contributed by atoms with Crippen LogP contribution in [-0.2, 0) is 9.59 Å². The van der Waals surface area contributed by atoms with Crippen LogP contribution in [0, 0.1) is 0 Å². The molecule has 0 saturated heterocycles. The van der Waals surface area contributed by atoms with Crippen LogP contribution in [-0.4, -0.2) is 23.5 Å². The second-order valence-corrected chi connectivity index (χ2v) is 2.70. The van der Waals surface area contributed by atoms with Gasteiger partial charge in [-0.2, -0.15) is 0 Å². The lowest BCUT2D eigenvalue weighted by Gasteiger charge is -2.03. The number of aliphatic carboxylic acids is 1. The number of carboxylic acids is 1. The molecule has 68 valence electrons. The third kappa shape index (κ3) is 3.75. The van der Waals surface area contributed by atoms with E-state index in [2.05, 4.69) is 5.32 Å². The Morgan fingerprint density at radius 3 is 2.08 bits per heavy atom. The first-order chi connectivity index (χ1) is 5.45. The number of carbonyl (C=O) groups is 2. The van der Waals surface area contributed by atoms with Crippen LogP contribution in [0.4, 0.5) is 0 Å². The van der Waals surface area contributed by atoms with Gasteiger partial charge in [-0.3, -0.25) is 9.59 Å². The summed E-state index contributed by atoms with van der Waals surface area (Å²) in [6.07, 6.45) is 0. The number of carbonyl (C=O) groups excluding carboxylic acids is 1. The number of carboxylic acid groups (broad SMARTS) is 1. The summed E-state index contributed by atoms with van der Waals surface area (Å²) in [5.74, 6) is -1.36. The molecule has 0 spiro atoms. The van der Waals surface area contributed by atoms with E-state index in [9.17, 15) is 9.59 Å². The molecule has 0 aliphatic carbocycles. The second kappa shape index (κ2) is 4.54. The highest BCUT2D eigenvalue weighted by Crippen LogP contribution is 2.00. The van der Waals surface area contributed by atoms with Crippen molar-refractivity contribution in [3.63, 3.8) is 0 Å². The summed E-state index contributed by atoms with van der Waals surface area (Å²) in [5.41, 5.74) is 1.45. The van der Waals surface area contributed by atoms with Gasteiger partial charge in [0.1, 0.15) is 6.54 Å². The summed E-state index contributed by atoms with van der Waals surface area (Å²) in [6, 6.07) is 0. The van der Waals surface area contributed by atoms with Crippen molar-refractivity contribution in [1.82, 2.24) is 5.32 Å². The van der Waals surface area contributed by atoms with Gasteiger partial charge in [-0.15, -0.1) is 0 Å². The first-order valence-electron chi connectivity index (χ1n) is 3.59. The number of hydrogen-bond acceptors (Lipinski definition) is 2. The lowest BCUT2D eigenvalue weighted by Crippen LogP contribution is -2.30. The van der Waals surface area contributed by atoms with E-state index in [4.69, 9.17) is 5.11 Å². The largest absolute Gasteiger partial charge is 0.480 e. The normalized spacial score (nSPS) is 8.92. The van der Waals surface area contributed by atoms with E-state index in [1.807, 2.05) is 0 Å². The lowest BCUT2D eigenvalue weighted by atomic mass is 10.2. The number of allylic oxidation sites excluding steroid dienone is 1. The van der Waals surface area contributed by atoms with Gasteiger partial charge in [0.25, 0.3) is 0 Å². The number of nitrogens with one attached hydrogen (secondary N) is 1. The van der Waals surface area contributed by atoms with Crippen LogP contribution < -0.4 is 5.32 Å². The average Bonchev–Trinajstić information content (AvgIpc) is 1.98. The van der Waals surface area contributed by atoms with Crippen molar-refractivity contribution in [3.8, 4) is 0 Å². The molecule has 2 N–H and O–H groups in total. The molecule has 4 heteroatoms. The van der Waals surface area contributed by atoms with Gasteiger partial charge in [0, 0.05) is 5.57 Å². The second-order valence-electron chi connectivity index (χ2n) is 2.70. The fraction of sp³-hybridized carbons (Fsp3) is 0.500. The Morgan fingerprint density at radius 2 is 1.75 bits per heavy atom. The van der Waals surface area contributed by atoms with E-state index < -0.39 is 5.97 Å². The molecule has 0 bridgehead atoms. The molecule has 0 atom stereocenters. The van der Waals surface area contributed by atoms with Crippen molar-refractivity contribution in [2.75, 3.05) is 6.54 Å². The van der Waals surface area contributed by atoms with Gasteiger partial charge in [0.2, 0.25) is 5.91 Å². The van der Waals surface area contributed by atoms with E-state index in [-0.39, 0.29) is 12.5 Å². The van der Waals surface area contributed by atoms with Crippen molar-refractivity contribution in [1.29, 1.82) is 0 Å². The molecular formula is C8H13NO3. The standard InChI is InChI=1S/C8H13NO3/c1-5(2)6(3)8(12)9-4-7(10)11/h4H2,1-3H3,(H,9,12)(H,10,11). The molecule has 0 radical (unpaired) electrons. The summed E-state index contributed by atoms with van der Waals surface area (Å²) in [7, 11) is 0. The van der Waals surface area contributed by atoms with Gasteiger partial charge in [-0.1, -0.05) is 5.57 Å². The molecule has 0 saturated carbocycles. The number of rotatable bonds is 3. The highest BCUT2D eigenvalue weighted by Gasteiger charge is 2.06. The van der Waals surface area contributed by atoms with Crippen LogP contribution in [0.1, 0.15) is 20.8 Å². The Labute approximate surface area is 71.3 Å². The quantitative estimate of drug-likeness (QED) is 0.609. The Morgan fingerprint density at radius 1 is 1.25 bits per heavy atom. The molecule has 0 aromatic rings. The zero-order valence-electron chi connectivity index (χ0n) is 7.47. The smallest absolute Gasteiger partial charge is 0.322 e. The minimum atomic E-state index is -1.04. The third-order valence-electron chi connectivity index (χ3n) is 1.49. The van der Waals surface area contributed by atoms with Gasteiger partial charge >= 0.3 is 5.97 Å². The molecule has 4 nitrogen and oxygen atoms in total. The molecule has 0 rings (SSSR count). The van der Waals surface area contributed by atoms with Crippen LogP contribution >= 0.6 is 0 Å². The molecule has 0 aromatic carbocycles. The van der Waals surface area contributed by atoms with E-state index in [0.717, 1.165) is 5.57 Å². The van der Waals surface area contributed by atoms with Crippen LogP contribution in [0.15, 0.2) is 11.1 Å². The van der Waals surface area contributed by atoms with Crippen LogP contribution in [0.5, 0.6) is 0 Å².